The summed E-state index contributed by atoms with van der Waals surface area (Å²) in [5.74, 6) is 0.869. The summed E-state index contributed by atoms with van der Waals surface area (Å²) in [6.07, 6.45) is 0.148. The number of ether oxygens (including phenoxy) is 1. The van der Waals surface area contributed by atoms with E-state index in [2.05, 4.69) is 25.1 Å². The molecule has 1 unspecified atom stereocenters. The van der Waals surface area contributed by atoms with Gasteiger partial charge in [-0.2, -0.15) is 0 Å². The molecule has 0 fully saturated rings. The number of aliphatic hydroxyl groups excluding tert-OH is 1. The molecule has 0 amide bonds. The summed E-state index contributed by atoms with van der Waals surface area (Å²) in [5, 5.41) is 10.5. The first-order valence-corrected chi connectivity index (χ1v) is 6.90. The van der Waals surface area contributed by atoms with Gasteiger partial charge in [0, 0.05) is 6.42 Å². The van der Waals surface area contributed by atoms with E-state index in [9.17, 15) is 5.11 Å². The number of methoxy groups -OCH3 is 1. The summed E-state index contributed by atoms with van der Waals surface area (Å²) >= 11 is 0. The molecule has 106 valence electrons. The summed E-state index contributed by atoms with van der Waals surface area (Å²) in [7, 11) is 1.67. The van der Waals surface area contributed by atoms with Crippen LogP contribution in [0.1, 0.15) is 33.9 Å². The third-order valence-corrected chi connectivity index (χ3v) is 3.65. The fourth-order valence-electron chi connectivity index (χ4n) is 2.56. The van der Waals surface area contributed by atoms with Crippen molar-refractivity contribution in [2.45, 2.75) is 33.3 Å². The maximum atomic E-state index is 10.5. The van der Waals surface area contributed by atoms with Crippen LogP contribution in [0.4, 0.5) is 0 Å². The summed E-state index contributed by atoms with van der Waals surface area (Å²) < 4.78 is 5.31. The molecule has 1 N–H and O–H groups in total. The smallest absolute Gasteiger partial charge is 0.122 e. The van der Waals surface area contributed by atoms with Gasteiger partial charge in [-0.1, -0.05) is 29.8 Å². The van der Waals surface area contributed by atoms with Crippen LogP contribution in [0.15, 0.2) is 36.4 Å². The van der Waals surface area contributed by atoms with Crippen molar-refractivity contribution in [3.63, 3.8) is 0 Å². The summed E-state index contributed by atoms with van der Waals surface area (Å²) in [4.78, 5) is 0. The quantitative estimate of drug-likeness (QED) is 0.913. The first-order chi connectivity index (χ1) is 9.51. The molecule has 0 aromatic heterocycles. The number of rotatable bonds is 4. The molecule has 2 aromatic carbocycles. The molecule has 2 heteroatoms. The predicted octanol–water partition coefficient (Wildman–Crippen LogP) is 3.90. The standard InChI is InChI=1S/C18H22O2/c1-12-6-5-7-15(8-12)11-17(19)16-9-14(3)18(20-4)10-13(16)2/h5-10,17,19H,11H2,1-4H3. The number of hydrogen-bond donors (Lipinski definition) is 1. The monoisotopic (exact) mass is 270 g/mol. The SMILES string of the molecule is COc1cc(C)c(C(O)Cc2cccc(C)c2)cc1C. The van der Waals surface area contributed by atoms with Gasteiger partial charge in [0.05, 0.1) is 13.2 Å². The summed E-state index contributed by atoms with van der Waals surface area (Å²) in [5.41, 5.74) is 5.47. The maximum absolute atomic E-state index is 10.5. The van der Waals surface area contributed by atoms with Crippen molar-refractivity contribution in [1.82, 2.24) is 0 Å². The minimum absolute atomic E-state index is 0.485. The molecule has 0 aliphatic heterocycles. The Hall–Kier alpha value is -1.80. The van der Waals surface area contributed by atoms with Gasteiger partial charge in [0.15, 0.2) is 0 Å². The van der Waals surface area contributed by atoms with Crippen molar-refractivity contribution in [1.29, 1.82) is 0 Å². The van der Waals surface area contributed by atoms with Crippen LogP contribution in [0.5, 0.6) is 5.75 Å². The highest BCUT2D eigenvalue weighted by Gasteiger charge is 2.13. The summed E-state index contributed by atoms with van der Waals surface area (Å²) in [6, 6.07) is 12.3. The molecule has 2 aromatic rings. The Balaban J connectivity index is 2.25. The molecule has 0 aliphatic carbocycles. The van der Waals surface area contributed by atoms with E-state index in [0.717, 1.165) is 28.0 Å². The second kappa shape index (κ2) is 6.10. The average molecular weight is 270 g/mol. The lowest BCUT2D eigenvalue weighted by molar-refractivity contribution is 0.177. The Kier molecular flexibility index (Phi) is 4.46. The van der Waals surface area contributed by atoms with Crippen molar-refractivity contribution in [3.8, 4) is 5.75 Å². The van der Waals surface area contributed by atoms with E-state index in [0.29, 0.717) is 6.42 Å². The van der Waals surface area contributed by atoms with Gasteiger partial charge in [-0.05, 0) is 55.2 Å². The van der Waals surface area contributed by atoms with Crippen molar-refractivity contribution in [2.24, 2.45) is 0 Å². The predicted molar refractivity (Wildman–Crippen MR) is 82.3 cm³/mol. The van der Waals surface area contributed by atoms with Crippen LogP contribution in [-0.2, 0) is 6.42 Å². The molecule has 0 aliphatic rings. The zero-order valence-electron chi connectivity index (χ0n) is 12.6. The third kappa shape index (κ3) is 3.20. The van der Waals surface area contributed by atoms with Gasteiger partial charge in [0.1, 0.15) is 5.75 Å². The highest BCUT2D eigenvalue weighted by molar-refractivity contribution is 5.43. The molecule has 20 heavy (non-hydrogen) atoms. The van der Waals surface area contributed by atoms with Crippen LogP contribution in [0.3, 0.4) is 0 Å². The van der Waals surface area contributed by atoms with Crippen molar-refractivity contribution in [2.75, 3.05) is 7.11 Å². The van der Waals surface area contributed by atoms with Crippen LogP contribution in [0.25, 0.3) is 0 Å². The Morgan fingerprint density at radius 3 is 2.45 bits per heavy atom. The second-order valence-electron chi connectivity index (χ2n) is 5.39. The zero-order valence-corrected chi connectivity index (χ0v) is 12.6. The van der Waals surface area contributed by atoms with Crippen molar-refractivity contribution < 1.29 is 9.84 Å². The Morgan fingerprint density at radius 2 is 1.80 bits per heavy atom. The fraction of sp³-hybridized carbons (Fsp3) is 0.333. The Bertz CT molecular complexity index is 602. The fourth-order valence-corrected chi connectivity index (χ4v) is 2.56. The van der Waals surface area contributed by atoms with Crippen LogP contribution < -0.4 is 4.74 Å². The summed E-state index contributed by atoms with van der Waals surface area (Å²) in [6.45, 7) is 6.08. The molecule has 2 rings (SSSR count). The number of hydrogen-bond acceptors (Lipinski definition) is 2. The molecule has 0 saturated carbocycles. The lowest BCUT2D eigenvalue weighted by atomic mass is 9.95. The number of aryl methyl sites for hydroxylation is 3. The van der Waals surface area contributed by atoms with Gasteiger partial charge < -0.3 is 9.84 Å². The number of aliphatic hydroxyl groups is 1. The molecule has 1 atom stereocenters. The normalized spacial score (nSPS) is 12.2. The number of benzene rings is 2. The molecule has 0 heterocycles. The van der Waals surface area contributed by atoms with Gasteiger partial charge in [-0.3, -0.25) is 0 Å². The van der Waals surface area contributed by atoms with Crippen molar-refractivity contribution in [3.05, 3.63) is 64.2 Å². The molecule has 0 saturated heterocycles. The maximum Gasteiger partial charge on any atom is 0.122 e. The van der Waals surface area contributed by atoms with E-state index >= 15 is 0 Å². The lowest BCUT2D eigenvalue weighted by Crippen LogP contribution is -2.05. The van der Waals surface area contributed by atoms with E-state index < -0.39 is 6.10 Å². The van der Waals surface area contributed by atoms with Gasteiger partial charge in [-0.25, -0.2) is 0 Å². The third-order valence-electron chi connectivity index (χ3n) is 3.65. The average Bonchev–Trinajstić information content (AvgIpc) is 2.40. The van der Waals surface area contributed by atoms with Crippen LogP contribution in [0, 0.1) is 20.8 Å². The van der Waals surface area contributed by atoms with E-state index in [1.165, 1.54) is 5.56 Å². The molecule has 0 radical (unpaired) electrons. The highest BCUT2D eigenvalue weighted by atomic mass is 16.5. The van der Waals surface area contributed by atoms with E-state index in [1.807, 2.05) is 32.0 Å². The van der Waals surface area contributed by atoms with Gasteiger partial charge in [0.25, 0.3) is 0 Å². The van der Waals surface area contributed by atoms with Gasteiger partial charge in [0.2, 0.25) is 0 Å². The first kappa shape index (κ1) is 14.6. The Labute approximate surface area is 121 Å². The highest BCUT2D eigenvalue weighted by Crippen LogP contribution is 2.28. The minimum Gasteiger partial charge on any atom is -0.496 e. The second-order valence-corrected chi connectivity index (χ2v) is 5.39. The van der Waals surface area contributed by atoms with Gasteiger partial charge in [-0.15, -0.1) is 0 Å². The first-order valence-electron chi connectivity index (χ1n) is 6.90. The lowest BCUT2D eigenvalue weighted by Gasteiger charge is -2.17. The largest absolute Gasteiger partial charge is 0.496 e. The Morgan fingerprint density at radius 1 is 1.05 bits per heavy atom. The van der Waals surface area contributed by atoms with E-state index in [1.54, 1.807) is 7.11 Å². The molecule has 2 nitrogen and oxygen atoms in total. The molecular weight excluding hydrogens is 248 g/mol. The van der Waals surface area contributed by atoms with Crippen molar-refractivity contribution >= 4 is 0 Å². The molecular formula is C18H22O2. The van der Waals surface area contributed by atoms with Crippen LogP contribution in [0.2, 0.25) is 0 Å². The zero-order chi connectivity index (χ0) is 14.7. The van der Waals surface area contributed by atoms with Gasteiger partial charge >= 0.3 is 0 Å². The molecule has 0 bridgehead atoms. The van der Waals surface area contributed by atoms with Crippen LogP contribution in [-0.4, -0.2) is 12.2 Å². The van der Waals surface area contributed by atoms with E-state index in [-0.39, 0.29) is 0 Å². The van der Waals surface area contributed by atoms with E-state index in [4.69, 9.17) is 4.74 Å². The minimum atomic E-state index is -0.485. The van der Waals surface area contributed by atoms with Crippen LogP contribution >= 0.6 is 0 Å². The topological polar surface area (TPSA) is 29.5 Å². The molecule has 0 spiro atoms.